The highest BCUT2D eigenvalue weighted by Gasteiger charge is 2.41. The largest absolute Gasteiger partial charge is 0.444 e. The van der Waals surface area contributed by atoms with Crippen LogP contribution in [0.2, 0.25) is 0 Å². The van der Waals surface area contributed by atoms with Gasteiger partial charge in [-0.3, -0.25) is 4.79 Å². The molecule has 1 aliphatic rings. The molecule has 0 bridgehead atoms. The van der Waals surface area contributed by atoms with E-state index in [4.69, 9.17) is 4.74 Å². The molecular formula is C16H21NO3. The van der Waals surface area contributed by atoms with Crippen molar-refractivity contribution >= 4 is 12.4 Å². The molecule has 1 N–H and O–H groups in total. The summed E-state index contributed by atoms with van der Waals surface area (Å²) in [4.78, 5) is 22.9. The van der Waals surface area contributed by atoms with Crippen molar-refractivity contribution in [1.29, 1.82) is 0 Å². The number of nitrogens with one attached hydrogen (secondary N) is 1. The zero-order valence-corrected chi connectivity index (χ0v) is 12.2. The number of ether oxygens (including phenoxy) is 1. The minimum Gasteiger partial charge on any atom is -0.444 e. The van der Waals surface area contributed by atoms with E-state index < -0.39 is 11.7 Å². The summed E-state index contributed by atoms with van der Waals surface area (Å²) in [6.45, 7) is 5.52. The van der Waals surface area contributed by atoms with Crippen molar-refractivity contribution in [2.45, 2.75) is 51.2 Å². The molecule has 0 aliphatic heterocycles. The Labute approximate surface area is 119 Å². The van der Waals surface area contributed by atoms with Gasteiger partial charge in [-0.05, 0) is 51.7 Å². The molecule has 4 nitrogen and oxygen atoms in total. The second-order valence-electron chi connectivity index (χ2n) is 6.31. The van der Waals surface area contributed by atoms with Crippen LogP contribution in [0.3, 0.4) is 0 Å². The summed E-state index contributed by atoms with van der Waals surface area (Å²) >= 11 is 0. The summed E-state index contributed by atoms with van der Waals surface area (Å²) in [6.07, 6.45) is 3.21. The number of benzene rings is 1. The van der Waals surface area contributed by atoms with E-state index in [-0.39, 0.29) is 5.54 Å². The monoisotopic (exact) mass is 275 g/mol. The van der Waals surface area contributed by atoms with E-state index in [0.717, 1.165) is 31.1 Å². The smallest absolute Gasteiger partial charge is 0.408 e. The van der Waals surface area contributed by atoms with Gasteiger partial charge in [0, 0.05) is 5.56 Å². The van der Waals surface area contributed by atoms with Gasteiger partial charge in [-0.25, -0.2) is 4.79 Å². The van der Waals surface area contributed by atoms with E-state index in [1.807, 2.05) is 39.0 Å². The molecule has 1 aliphatic carbocycles. The summed E-state index contributed by atoms with van der Waals surface area (Å²) in [5, 5.41) is 2.98. The Morgan fingerprint density at radius 3 is 2.55 bits per heavy atom. The zero-order valence-electron chi connectivity index (χ0n) is 12.2. The normalized spacial score (nSPS) is 16.9. The number of hydrogen-bond donors (Lipinski definition) is 1. The van der Waals surface area contributed by atoms with Crippen LogP contribution in [0.15, 0.2) is 24.3 Å². The molecule has 1 fully saturated rings. The Morgan fingerprint density at radius 1 is 1.35 bits per heavy atom. The highest BCUT2D eigenvalue weighted by atomic mass is 16.6. The molecule has 0 radical (unpaired) electrons. The zero-order chi connectivity index (χ0) is 14.8. The Morgan fingerprint density at radius 2 is 2.05 bits per heavy atom. The first-order chi connectivity index (χ1) is 9.35. The van der Waals surface area contributed by atoms with Crippen LogP contribution in [0, 0.1) is 0 Å². The van der Waals surface area contributed by atoms with Crippen LogP contribution in [0.25, 0.3) is 0 Å². The number of rotatable bonds is 3. The molecule has 1 saturated carbocycles. The van der Waals surface area contributed by atoms with E-state index in [9.17, 15) is 9.59 Å². The van der Waals surface area contributed by atoms with Gasteiger partial charge >= 0.3 is 6.09 Å². The maximum atomic E-state index is 12.0. The average molecular weight is 275 g/mol. The SMILES string of the molecule is CC(C)(C)OC(=O)NC1(c2cccc(C=O)c2)CCC1. The predicted octanol–water partition coefficient (Wildman–Crippen LogP) is 3.40. The molecule has 4 heteroatoms. The average Bonchev–Trinajstić information content (AvgIpc) is 2.31. The minimum absolute atomic E-state index is 0.388. The third kappa shape index (κ3) is 3.18. The molecule has 0 heterocycles. The molecule has 1 amide bonds. The van der Waals surface area contributed by atoms with E-state index in [2.05, 4.69) is 5.32 Å². The number of aldehydes is 1. The first-order valence-corrected chi connectivity index (χ1v) is 6.92. The third-order valence-electron chi connectivity index (χ3n) is 3.52. The quantitative estimate of drug-likeness (QED) is 0.860. The van der Waals surface area contributed by atoms with Gasteiger partial charge in [-0.2, -0.15) is 0 Å². The second kappa shape index (κ2) is 5.27. The molecule has 0 atom stereocenters. The van der Waals surface area contributed by atoms with Gasteiger partial charge in [0.05, 0.1) is 5.54 Å². The fourth-order valence-electron chi connectivity index (χ4n) is 2.42. The maximum absolute atomic E-state index is 12.0. The number of carbonyl (C=O) groups excluding carboxylic acids is 2. The first kappa shape index (κ1) is 14.6. The molecule has 0 saturated heterocycles. The van der Waals surface area contributed by atoms with Crippen molar-refractivity contribution in [3.8, 4) is 0 Å². The Bertz CT molecular complexity index is 513. The summed E-state index contributed by atoms with van der Waals surface area (Å²) in [5.74, 6) is 0. The molecule has 1 aromatic rings. The summed E-state index contributed by atoms with van der Waals surface area (Å²) in [6, 6.07) is 7.39. The number of alkyl carbamates (subject to hydrolysis) is 1. The van der Waals surface area contributed by atoms with Crippen LogP contribution in [-0.4, -0.2) is 18.0 Å². The number of carbonyl (C=O) groups is 2. The fraction of sp³-hybridized carbons (Fsp3) is 0.500. The van der Waals surface area contributed by atoms with Crippen molar-refractivity contribution in [2.24, 2.45) is 0 Å². The highest BCUT2D eigenvalue weighted by molar-refractivity contribution is 5.75. The van der Waals surface area contributed by atoms with Crippen molar-refractivity contribution in [3.63, 3.8) is 0 Å². The highest BCUT2D eigenvalue weighted by Crippen LogP contribution is 2.41. The lowest BCUT2D eigenvalue weighted by atomic mass is 9.71. The van der Waals surface area contributed by atoms with Gasteiger partial charge in [0.2, 0.25) is 0 Å². The van der Waals surface area contributed by atoms with Crippen LogP contribution >= 0.6 is 0 Å². The Kier molecular flexibility index (Phi) is 3.84. The van der Waals surface area contributed by atoms with Crippen molar-refractivity contribution in [1.82, 2.24) is 5.32 Å². The summed E-state index contributed by atoms with van der Waals surface area (Å²) in [5.41, 5.74) is 0.695. The Hall–Kier alpha value is -1.84. The fourth-order valence-corrected chi connectivity index (χ4v) is 2.42. The second-order valence-corrected chi connectivity index (χ2v) is 6.31. The predicted molar refractivity (Wildman–Crippen MR) is 76.7 cm³/mol. The lowest BCUT2D eigenvalue weighted by molar-refractivity contribution is 0.0377. The molecule has 20 heavy (non-hydrogen) atoms. The van der Waals surface area contributed by atoms with E-state index in [0.29, 0.717) is 5.56 Å². The minimum atomic E-state index is -0.514. The maximum Gasteiger partial charge on any atom is 0.408 e. The van der Waals surface area contributed by atoms with Crippen molar-refractivity contribution < 1.29 is 14.3 Å². The van der Waals surface area contributed by atoms with Crippen LogP contribution in [0.1, 0.15) is 56.0 Å². The summed E-state index contributed by atoms with van der Waals surface area (Å²) in [7, 11) is 0. The molecular weight excluding hydrogens is 254 g/mol. The lowest BCUT2D eigenvalue weighted by Crippen LogP contribution is -2.52. The van der Waals surface area contributed by atoms with Crippen LogP contribution in [-0.2, 0) is 10.3 Å². The molecule has 2 rings (SSSR count). The van der Waals surface area contributed by atoms with Crippen molar-refractivity contribution in [2.75, 3.05) is 0 Å². The van der Waals surface area contributed by atoms with Gasteiger partial charge in [0.1, 0.15) is 11.9 Å². The third-order valence-corrected chi connectivity index (χ3v) is 3.52. The van der Waals surface area contributed by atoms with E-state index in [1.165, 1.54) is 0 Å². The molecule has 108 valence electrons. The summed E-state index contributed by atoms with van der Waals surface area (Å²) < 4.78 is 5.33. The van der Waals surface area contributed by atoms with Gasteiger partial charge in [0.15, 0.2) is 0 Å². The van der Waals surface area contributed by atoms with Crippen LogP contribution < -0.4 is 5.32 Å². The van der Waals surface area contributed by atoms with Gasteiger partial charge < -0.3 is 10.1 Å². The van der Waals surface area contributed by atoms with Crippen molar-refractivity contribution in [3.05, 3.63) is 35.4 Å². The lowest BCUT2D eigenvalue weighted by Gasteiger charge is -2.43. The van der Waals surface area contributed by atoms with E-state index in [1.54, 1.807) is 6.07 Å². The molecule has 0 unspecified atom stereocenters. The molecule has 0 spiro atoms. The number of hydrogen-bond acceptors (Lipinski definition) is 3. The first-order valence-electron chi connectivity index (χ1n) is 6.92. The Balaban J connectivity index is 2.17. The molecule has 1 aromatic carbocycles. The standard InChI is InChI=1S/C16H21NO3/c1-15(2,3)20-14(19)17-16(8-5-9-16)13-7-4-6-12(10-13)11-18/h4,6-7,10-11H,5,8-9H2,1-3H3,(H,17,19). The topological polar surface area (TPSA) is 55.4 Å². The number of amides is 1. The van der Waals surface area contributed by atoms with E-state index >= 15 is 0 Å². The van der Waals surface area contributed by atoms with Gasteiger partial charge in [0.25, 0.3) is 0 Å². The van der Waals surface area contributed by atoms with Gasteiger partial charge in [-0.15, -0.1) is 0 Å². The molecule has 0 aromatic heterocycles. The van der Waals surface area contributed by atoms with Crippen LogP contribution in [0.4, 0.5) is 4.79 Å². The van der Waals surface area contributed by atoms with Crippen LogP contribution in [0.5, 0.6) is 0 Å². The van der Waals surface area contributed by atoms with Gasteiger partial charge in [-0.1, -0.05) is 18.2 Å².